The summed E-state index contributed by atoms with van der Waals surface area (Å²) in [6.45, 7) is 6.18. The molecule has 5 aliphatic rings. The summed E-state index contributed by atoms with van der Waals surface area (Å²) in [7, 11) is 0. The third-order valence-electron chi connectivity index (χ3n) is 13.0. The van der Waals surface area contributed by atoms with E-state index in [0.29, 0.717) is 0 Å². The predicted octanol–water partition coefficient (Wildman–Crippen LogP) is 13.2. The Balaban J connectivity index is 1.14. The predicted molar refractivity (Wildman–Crippen MR) is 211 cm³/mol. The molecule has 0 atom stereocenters. The van der Waals surface area contributed by atoms with E-state index < -0.39 is 0 Å². The van der Waals surface area contributed by atoms with Crippen LogP contribution in [-0.4, -0.2) is 0 Å². The van der Waals surface area contributed by atoms with Gasteiger partial charge in [0.25, 0.3) is 0 Å². The number of nitrogens with zero attached hydrogens (tertiary/aromatic N) is 1. The van der Waals surface area contributed by atoms with Gasteiger partial charge in [0.2, 0.25) is 0 Å². The van der Waals surface area contributed by atoms with Crippen molar-refractivity contribution >= 4 is 33.9 Å². The van der Waals surface area contributed by atoms with Crippen molar-refractivity contribution < 1.29 is 0 Å². The fraction of sp³-hybridized carbons (Fsp3) is 0.224. The van der Waals surface area contributed by atoms with Crippen LogP contribution >= 0.6 is 0 Å². The first-order chi connectivity index (χ1) is 24.6. The van der Waals surface area contributed by atoms with Crippen LogP contribution in [0.1, 0.15) is 54.4 Å². The Bertz CT molecular complexity index is 2290. The largest absolute Gasteiger partial charge is 0.310 e. The van der Waals surface area contributed by atoms with Crippen LogP contribution in [0, 0.1) is 30.6 Å². The van der Waals surface area contributed by atoms with E-state index >= 15 is 0 Å². The zero-order valence-electron chi connectivity index (χ0n) is 28.9. The molecule has 0 aromatic heterocycles. The number of hydrogen-bond acceptors (Lipinski definition) is 1. The first-order valence-electron chi connectivity index (χ1n) is 18.6. The van der Waals surface area contributed by atoms with Crippen LogP contribution < -0.4 is 4.90 Å². The first-order valence-corrected chi connectivity index (χ1v) is 18.6. The van der Waals surface area contributed by atoms with Gasteiger partial charge in [0.1, 0.15) is 0 Å². The molecule has 1 heteroatoms. The van der Waals surface area contributed by atoms with E-state index in [4.69, 9.17) is 0 Å². The zero-order valence-corrected chi connectivity index (χ0v) is 28.9. The molecule has 1 spiro atoms. The van der Waals surface area contributed by atoms with Crippen molar-refractivity contribution in [1.29, 1.82) is 0 Å². The molecule has 11 rings (SSSR count). The van der Waals surface area contributed by atoms with Crippen LogP contribution in [0.2, 0.25) is 0 Å². The Morgan fingerprint density at radius 2 is 1.28 bits per heavy atom. The van der Waals surface area contributed by atoms with Crippen molar-refractivity contribution in [2.45, 2.75) is 44.4 Å². The molecule has 5 aliphatic carbocycles. The summed E-state index contributed by atoms with van der Waals surface area (Å²) in [5, 5.41) is 2.55. The highest BCUT2D eigenvalue weighted by molar-refractivity contribution is 5.97. The van der Waals surface area contributed by atoms with Gasteiger partial charge in [-0.3, -0.25) is 0 Å². The van der Waals surface area contributed by atoms with Crippen molar-refractivity contribution in [2.75, 3.05) is 4.90 Å². The Kier molecular flexibility index (Phi) is 6.82. The van der Waals surface area contributed by atoms with Gasteiger partial charge in [0.05, 0.1) is 0 Å². The molecule has 50 heavy (non-hydrogen) atoms. The second kappa shape index (κ2) is 11.5. The second-order valence-electron chi connectivity index (χ2n) is 15.4. The lowest BCUT2D eigenvalue weighted by atomic mass is 9.43. The monoisotopic (exact) mass is 645 g/mol. The Hall–Kier alpha value is -5.14. The summed E-state index contributed by atoms with van der Waals surface area (Å²) in [4.78, 5) is 2.48. The topological polar surface area (TPSA) is 3.24 Å². The van der Waals surface area contributed by atoms with Crippen LogP contribution in [0.3, 0.4) is 0 Å². The minimum atomic E-state index is 0.175. The molecular weight excluding hydrogens is 603 g/mol. The Morgan fingerprint density at radius 3 is 2.08 bits per heavy atom. The number of fused-ring (bicyclic) bond motifs is 4. The van der Waals surface area contributed by atoms with Gasteiger partial charge in [-0.15, -0.1) is 0 Å². The highest BCUT2D eigenvalue weighted by Gasteiger charge is 2.61. The van der Waals surface area contributed by atoms with Crippen molar-refractivity contribution in [3.05, 3.63) is 168 Å². The van der Waals surface area contributed by atoms with Gasteiger partial charge in [-0.2, -0.15) is 0 Å². The van der Waals surface area contributed by atoms with Gasteiger partial charge in [-0.25, -0.2) is 0 Å². The summed E-state index contributed by atoms with van der Waals surface area (Å²) in [6.07, 6.45) is 13.2. The second-order valence-corrected chi connectivity index (χ2v) is 15.4. The smallest absolute Gasteiger partial charge is 0.0496 e. The maximum atomic E-state index is 3.93. The lowest BCUT2D eigenvalue weighted by molar-refractivity contribution is -0.0399. The molecule has 4 saturated carbocycles. The van der Waals surface area contributed by atoms with E-state index in [9.17, 15) is 0 Å². The van der Waals surface area contributed by atoms with Gasteiger partial charge < -0.3 is 4.90 Å². The molecule has 0 amide bonds. The summed E-state index contributed by atoms with van der Waals surface area (Å²) >= 11 is 0. The van der Waals surface area contributed by atoms with Crippen LogP contribution in [0.25, 0.3) is 39.1 Å². The molecule has 0 aliphatic heterocycles. The average molecular weight is 646 g/mol. The molecule has 4 bridgehead atoms. The standard InChI is InChI=1S/C49H43N/c1-3-4-11-35-13-10-19-48(32(35)2)50(40-22-20-37(21-23-40)43-17-9-14-36-12-5-6-15-42(36)43)41-24-25-47-45(31-41)44-16-7-8-18-46(44)49(47)38-27-33-26-34(29-38)30-39(49)28-33/h3-25,31,33-34,38-39H,1,26-30H2,2H3/b11-4-. The normalized spacial score (nSPS) is 24.2. The number of hydrogen-bond donors (Lipinski definition) is 0. The summed E-state index contributed by atoms with van der Waals surface area (Å²) in [6, 6.07) is 48.1. The zero-order chi connectivity index (χ0) is 33.4. The summed E-state index contributed by atoms with van der Waals surface area (Å²) in [5.74, 6) is 3.41. The molecule has 0 radical (unpaired) electrons. The SMILES string of the molecule is C=C/C=C\c1cccc(N(c2ccc(-c3cccc4ccccc34)cc2)c2ccc3c(c2)-c2ccccc2C32C3CC4CC(C3)CC2C4)c1C. The van der Waals surface area contributed by atoms with E-state index in [1.165, 1.54) is 87.6 Å². The fourth-order valence-electron chi connectivity index (χ4n) is 11.2. The molecule has 0 saturated heterocycles. The van der Waals surface area contributed by atoms with Crippen molar-refractivity contribution in [3.8, 4) is 22.3 Å². The minimum Gasteiger partial charge on any atom is -0.310 e. The third kappa shape index (κ3) is 4.32. The van der Waals surface area contributed by atoms with E-state index in [-0.39, 0.29) is 5.41 Å². The number of benzene rings is 6. The van der Waals surface area contributed by atoms with Crippen molar-refractivity contribution in [1.82, 2.24) is 0 Å². The first kappa shape index (κ1) is 29.7. The maximum Gasteiger partial charge on any atom is 0.0496 e. The Labute approximate surface area is 296 Å². The molecule has 244 valence electrons. The van der Waals surface area contributed by atoms with Gasteiger partial charge in [-0.05, 0) is 148 Å². The fourth-order valence-corrected chi connectivity index (χ4v) is 11.2. The number of allylic oxidation sites excluding steroid dienone is 2. The van der Waals surface area contributed by atoms with Crippen LogP contribution in [0.15, 0.2) is 146 Å². The van der Waals surface area contributed by atoms with Crippen molar-refractivity contribution in [2.24, 2.45) is 23.7 Å². The van der Waals surface area contributed by atoms with E-state index in [2.05, 4.69) is 152 Å². The van der Waals surface area contributed by atoms with Gasteiger partial charge in [0, 0.05) is 22.5 Å². The summed E-state index contributed by atoms with van der Waals surface area (Å²) in [5.41, 5.74) is 14.8. The molecular formula is C49H43N. The van der Waals surface area contributed by atoms with Crippen LogP contribution in [0.5, 0.6) is 0 Å². The minimum absolute atomic E-state index is 0.175. The van der Waals surface area contributed by atoms with Gasteiger partial charge >= 0.3 is 0 Å². The van der Waals surface area contributed by atoms with Gasteiger partial charge in [0.15, 0.2) is 0 Å². The molecule has 0 N–H and O–H groups in total. The molecule has 6 aromatic carbocycles. The van der Waals surface area contributed by atoms with Crippen LogP contribution in [-0.2, 0) is 5.41 Å². The molecule has 4 fully saturated rings. The van der Waals surface area contributed by atoms with Gasteiger partial charge in [-0.1, -0.05) is 122 Å². The molecule has 0 heterocycles. The number of anilines is 3. The summed E-state index contributed by atoms with van der Waals surface area (Å²) < 4.78 is 0. The Morgan fingerprint density at radius 1 is 0.620 bits per heavy atom. The molecule has 0 unspecified atom stereocenters. The lowest BCUT2D eigenvalue weighted by Crippen LogP contribution is -2.55. The highest BCUT2D eigenvalue weighted by Crippen LogP contribution is 2.69. The number of rotatable bonds is 6. The lowest BCUT2D eigenvalue weighted by Gasteiger charge is -2.61. The third-order valence-corrected chi connectivity index (χ3v) is 13.0. The highest BCUT2D eigenvalue weighted by atomic mass is 15.1. The molecule has 1 nitrogen and oxygen atoms in total. The van der Waals surface area contributed by atoms with E-state index in [0.717, 1.165) is 29.4 Å². The van der Waals surface area contributed by atoms with E-state index in [1.54, 1.807) is 11.1 Å². The quantitative estimate of drug-likeness (QED) is 0.163. The van der Waals surface area contributed by atoms with Crippen LogP contribution in [0.4, 0.5) is 17.1 Å². The van der Waals surface area contributed by atoms with Crippen molar-refractivity contribution in [3.63, 3.8) is 0 Å². The van der Waals surface area contributed by atoms with E-state index in [1.807, 2.05) is 12.2 Å². The maximum absolute atomic E-state index is 3.93. The molecule has 6 aromatic rings. The average Bonchev–Trinajstić information content (AvgIpc) is 3.44.